The molecule has 2 amide bonds. The van der Waals surface area contributed by atoms with E-state index in [1.807, 2.05) is 63.2 Å². The van der Waals surface area contributed by atoms with Crippen LogP contribution in [0.15, 0.2) is 42.5 Å². The lowest BCUT2D eigenvalue weighted by atomic mass is 10.1. The van der Waals surface area contributed by atoms with E-state index in [4.69, 9.17) is 9.47 Å². The predicted molar refractivity (Wildman–Crippen MR) is 122 cm³/mol. The molecule has 1 N–H and O–H groups in total. The maximum Gasteiger partial charge on any atom is 0.242 e. The number of rotatable bonds is 11. The summed E-state index contributed by atoms with van der Waals surface area (Å²) in [5, 5.41) is 2.65. The Hall–Kier alpha value is -3.02. The van der Waals surface area contributed by atoms with Crippen molar-refractivity contribution in [2.45, 2.75) is 53.1 Å². The van der Waals surface area contributed by atoms with Gasteiger partial charge in [-0.2, -0.15) is 0 Å². The molecule has 0 heterocycles. The van der Waals surface area contributed by atoms with Gasteiger partial charge in [-0.1, -0.05) is 35.9 Å². The van der Waals surface area contributed by atoms with Gasteiger partial charge in [0.1, 0.15) is 6.04 Å². The van der Waals surface area contributed by atoms with Crippen LogP contribution in [-0.4, -0.2) is 43.0 Å². The Morgan fingerprint density at radius 2 is 1.71 bits per heavy atom. The first kappa shape index (κ1) is 24.3. The van der Waals surface area contributed by atoms with Crippen LogP contribution in [0.1, 0.15) is 43.9 Å². The first-order valence-corrected chi connectivity index (χ1v) is 10.8. The van der Waals surface area contributed by atoms with E-state index < -0.39 is 6.04 Å². The van der Waals surface area contributed by atoms with Crippen LogP contribution in [0.5, 0.6) is 11.5 Å². The zero-order valence-corrected chi connectivity index (χ0v) is 19.2. The summed E-state index contributed by atoms with van der Waals surface area (Å²) in [7, 11) is 1.59. The Morgan fingerprint density at radius 3 is 2.35 bits per heavy atom. The second kappa shape index (κ2) is 12.0. The number of ether oxygens (including phenoxy) is 2. The Kier molecular flexibility index (Phi) is 9.38. The lowest BCUT2D eigenvalue weighted by molar-refractivity contribution is -0.140. The SMILES string of the molecule is CCOc1ccc(CCC(=O)N(Cc2cccc(C)c2)[C@H](C)C(=O)NC)cc1OCC. The number of nitrogens with one attached hydrogen (secondary N) is 1. The van der Waals surface area contributed by atoms with Crippen LogP contribution in [0.4, 0.5) is 0 Å². The van der Waals surface area contributed by atoms with E-state index in [9.17, 15) is 9.59 Å². The fourth-order valence-corrected chi connectivity index (χ4v) is 3.44. The third-order valence-corrected chi connectivity index (χ3v) is 5.08. The summed E-state index contributed by atoms with van der Waals surface area (Å²) in [5.41, 5.74) is 3.11. The van der Waals surface area contributed by atoms with Crippen LogP contribution in [-0.2, 0) is 22.6 Å². The van der Waals surface area contributed by atoms with Crippen molar-refractivity contribution in [3.05, 3.63) is 59.2 Å². The summed E-state index contributed by atoms with van der Waals surface area (Å²) in [6.07, 6.45) is 0.850. The van der Waals surface area contributed by atoms with Gasteiger partial charge in [-0.3, -0.25) is 9.59 Å². The van der Waals surface area contributed by atoms with Crippen molar-refractivity contribution in [3.8, 4) is 11.5 Å². The van der Waals surface area contributed by atoms with Gasteiger partial charge in [-0.15, -0.1) is 0 Å². The quantitative estimate of drug-likeness (QED) is 0.592. The number of amides is 2. The highest BCUT2D eigenvalue weighted by Gasteiger charge is 2.25. The Morgan fingerprint density at radius 1 is 1.00 bits per heavy atom. The largest absolute Gasteiger partial charge is 0.490 e. The fourth-order valence-electron chi connectivity index (χ4n) is 3.44. The van der Waals surface area contributed by atoms with E-state index in [0.717, 1.165) is 16.7 Å². The van der Waals surface area contributed by atoms with E-state index in [2.05, 4.69) is 5.32 Å². The van der Waals surface area contributed by atoms with Gasteiger partial charge in [-0.25, -0.2) is 0 Å². The second-order valence-electron chi connectivity index (χ2n) is 7.45. The average Bonchev–Trinajstić information content (AvgIpc) is 2.76. The van der Waals surface area contributed by atoms with E-state index in [1.165, 1.54) is 0 Å². The third kappa shape index (κ3) is 7.02. The molecule has 6 nitrogen and oxygen atoms in total. The maximum absolute atomic E-state index is 13.1. The topological polar surface area (TPSA) is 67.9 Å². The normalized spacial score (nSPS) is 11.5. The van der Waals surface area contributed by atoms with Crippen molar-refractivity contribution in [2.75, 3.05) is 20.3 Å². The van der Waals surface area contributed by atoms with Gasteiger partial charge in [0.15, 0.2) is 11.5 Å². The van der Waals surface area contributed by atoms with E-state index in [1.54, 1.807) is 18.9 Å². The summed E-state index contributed by atoms with van der Waals surface area (Å²) in [6.45, 7) is 9.12. The van der Waals surface area contributed by atoms with Gasteiger partial charge in [0, 0.05) is 20.0 Å². The highest BCUT2D eigenvalue weighted by atomic mass is 16.5. The molecule has 6 heteroatoms. The Bertz CT molecular complexity index is 882. The highest BCUT2D eigenvalue weighted by molar-refractivity contribution is 5.87. The monoisotopic (exact) mass is 426 g/mol. The van der Waals surface area contributed by atoms with Crippen LogP contribution < -0.4 is 14.8 Å². The van der Waals surface area contributed by atoms with Gasteiger partial charge in [0.25, 0.3) is 0 Å². The van der Waals surface area contributed by atoms with Crippen LogP contribution in [0, 0.1) is 6.92 Å². The van der Waals surface area contributed by atoms with Crippen molar-refractivity contribution in [3.63, 3.8) is 0 Å². The van der Waals surface area contributed by atoms with Crippen LogP contribution in [0.2, 0.25) is 0 Å². The fraction of sp³-hybridized carbons (Fsp3) is 0.440. The standard InChI is InChI=1S/C25H34N2O4/c1-6-30-22-13-11-20(16-23(22)31-7-2)12-14-24(28)27(19(4)25(29)26-5)17-21-10-8-9-18(3)15-21/h8-11,13,15-16,19H,6-7,12,14,17H2,1-5H3,(H,26,29)/t19-/m1/s1. The van der Waals surface area contributed by atoms with Crippen LogP contribution >= 0.6 is 0 Å². The van der Waals surface area contributed by atoms with Crippen LogP contribution in [0.3, 0.4) is 0 Å². The Labute approximate surface area is 185 Å². The van der Waals surface area contributed by atoms with Gasteiger partial charge >= 0.3 is 0 Å². The zero-order valence-electron chi connectivity index (χ0n) is 19.2. The summed E-state index contributed by atoms with van der Waals surface area (Å²) in [5.74, 6) is 1.14. The molecule has 0 aliphatic rings. The lowest BCUT2D eigenvalue weighted by Crippen LogP contribution is -2.46. The highest BCUT2D eigenvalue weighted by Crippen LogP contribution is 2.29. The van der Waals surface area contributed by atoms with E-state index >= 15 is 0 Å². The number of nitrogens with zero attached hydrogens (tertiary/aromatic N) is 1. The molecule has 0 saturated heterocycles. The molecule has 2 aromatic carbocycles. The molecular formula is C25H34N2O4. The summed E-state index contributed by atoms with van der Waals surface area (Å²) >= 11 is 0. The third-order valence-electron chi connectivity index (χ3n) is 5.08. The minimum Gasteiger partial charge on any atom is -0.490 e. The summed E-state index contributed by atoms with van der Waals surface area (Å²) in [4.78, 5) is 27.1. The summed E-state index contributed by atoms with van der Waals surface area (Å²) in [6, 6.07) is 13.2. The van der Waals surface area contributed by atoms with Crippen molar-refractivity contribution in [2.24, 2.45) is 0 Å². The number of hydrogen-bond donors (Lipinski definition) is 1. The summed E-state index contributed by atoms with van der Waals surface area (Å²) < 4.78 is 11.3. The Balaban J connectivity index is 2.15. The average molecular weight is 427 g/mol. The molecule has 0 saturated carbocycles. The van der Waals surface area contributed by atoms with Crippen molar-refractivity contribution in [1.29, 1.82) is 0 Å². The number of carbonyl (C=O) groups is 2. The predicted octanol–water partition coefficient (Wildman–Crippen LogP) is 3.89. The minimum atomic E-state index is -0.558. The minimum absolute atomic E-state index is 0.0653. The number of carbonyl (C=O) groups excluding carboxylic acids is 2. The second-order valence-corrected chi connectivity index (χ2v) is 7.45. The molecule has 0 aromatic heterocycles. The molecule has 2 rings (SSSR count). The molecule has 0 aliphatic carbocycles. The van der Waals surface area contributed by atoms with Gasteiger partial charge in [0.05, 0.1) is 13.2 Å². The number of benzene rings is 2. The molecule has 2 aromatic rings. The molecule has 0 unspecified atom stereocenters. The number of likely N-dealkylation sites (N-methyl/N-ethyl adjacent to an activating group) is 1. The molecule has 0 aliphatic heterocycles. The maximum atomic E-state index is 13.1. The van der Waals surface area contributed by atoms with Gasteiger partial charge < -0.3 is 19.7 Å². The number of aryl methyl sites for hydroxylation is 2. The molecule has 1 atom stereocenters. The van der Waals surface area contributed by atoms with Gasteiger partial charge in [-0.05, 0) is 57.4 Å². The molecule has 0 fully saturated rings. The first-order valence-electron chi connectivity index (χ1n) is 10.8. The first-order chi connectivity index (χ1) is 14.9. The number of hydrogen-bond acceptors (Lipinski definition) is 4. The van der Waals surface area contributed by atoms with E-state index in [0.29, 0.717) is 44.1 Å². The molecule has 0 spiro atoms. The molecular weight excluding hydrogens is 392 g/mol. The molecule has 31 heavy (non-hydrogen) atoms. The zero-order chi connectivity index (χ0) is 22.8. The van der Waals surface area contributed by atoms with Crippen LogP contribution in [0.25, 0.3) is 0 Å². The lowest BCUT2D eigenvalue weighted by Gasteiger charge is -2.28. The van der Waals surface area contributed by atoms with Crippen molar-refractivity contribution >= 4 is 11.8 Å². The molecule has 168 valence electrons. The van der Waals surface area contributed by atoms with E-state index in [-0.39, 0.29) is 11.8 Å². The molecule has 0 bridgehead atoms. The van der Waals surface area contributed by atoms with Crippen molar-refractivity contribution < 1.29 is 19.1 Å². The van der Waals surface area contributed by atoms with Crippen molar-refractivity contribution in [1.82, 2.24) is 10.2 Å². The molecule has 0 radical (unpaired) electrons. The van der Waals surface area contributed by atoms with Gasteiger partial charge in [0.2, 0.25) is 11.8 Å². The smallest absolute Gasteiger partial charge is 0.242 e.